The van der Waals surface area contributed by atoms with E-state index in [0.29, 0.717) is 0 Å². The van der Waals surface area contributed by atoms with Crippen LogP contribution in [0.5, 0.6) is 0 Å². The van der Waals surface area contributed by atoms with Crippen molar-refractivity contribution in [1.82, 2.24) is 9.97 Å². The van der Waals surface area contributed by atoms with Crippen molar-refractivity contribution in [3.05, 3.63) is 17.2 Å². The summed E-state index contributed by atoms with van der Waals surface area (Å²) in [4.78, 5) is 28.5. The Morgan fingerprint density at radius 2 is 1.90 bits per heavy atom. The first kappa shape index (κ1) is 14.4. The molecule has 1 fully saturated rings. The highest BCUT2D eigenvalue weighted by atomic mass is 16.6. The molecule has 110 valence electrons. The molecule has 1 saturated heterocycles. The van der Waals surface area contributed by atoms with Crippen LogP contribution in [-0.4, -0.2) is 62.0 Å². The van der Waals surface area contributed by atoms with Crippen molar-refractivity contribution in [3.63, 3.8) is 0 Å². The van der Waals surface area contributed by atoms with E-state index in [1.807, 2.05) is 0 Å². The van der Waals surface area contributed by atoms with Gasteiger partial charge in [-0.25, -0.2) is 4.98 Å². The Balaban J connectivity index is 2.37. The summed E-state index contributed by atoms with van der Waals surface area (Å²) >= 11 is 0. The van der Waals surface area contributed by atoms with Crippen LogP contribution < -0.4 is 11.5 Å². The number of carbonyl (C=O) groups is 2. The van der Waals surface area contributed by atoms with E-state index in [1.165, 1.54) is 0 Å². The Hall–Kier alpha value is -2.01. The topological polar surface area (TPSA) is 185 Å². The van der Waals surface area contributed by atoms with Crippen LogP contribution >= 0.6 is 0 Å². The fourth-order valence-electron chi connectivity index (χ4n) is 2.01. The van der Waals surface area contributed by atoms with E-state index in [-0.39, 0.29) is 17.2 Å². The highest BCUT2D eigenvalue weighted by Gasteiger charge is 2.45. The van der Waals surface area contributed by atoms with E-state index < -0.39 is 42.8 Å². The zero-order valence-corrected chi connectivity index (χ0v) is 10.2. The number of aromatic amines is 1. The van der Waals surface area contributed by atoms with Gasteiger partial charge in [0.05, 0.1) is 6.61 Å². The lowest BCUT2D eigenvalue weighted by Crippen LogP contribution is -2.32. The van der Waals surface area contributed by atoms with Crippen molar-refractivity contribution in [1.29, 1.82) is 0 Å². The minimum absolute atomic E-state index is 0.0879. The number of imidazole rings is 1. The summed E-state index contributed by atoms with van der Waals surface area (Å²) in [5.41, 5.74) is 9.43. The quantitative estimate of drug-likeness (QED) is 0.335. The van der Waals surface area contributed by atoms with Crippen molar-refractivity contribution >= 4 is 11.8 Å². The molecule has 1 aliphatic rings. The third kappa shape index (κ3) is 2.25. The monoisotopic (exact) mass is 286 g/mol. The van der Waals surface area contributed by atoms with E-state index >= 15 is 0 Å². The molecule has 1 aromatic rings. The molecule has 0 spiro atoms. The van der Waals surface area contributed by atoms with Gasteiger partial charge in [-0.05, 0) is 0 Å². The van der Waals surface area contributed by atoms with Crippen molar-refractivity contribution in [2.24, 2.45) is 11.5 Å². The maximum absolute atomic E-state index is 11.2. The molecular formula is C10H14N4O6. The summed E-state index contributed by atoms with van der Waals surface area (Å²) in [5, 5.41) is 28.4. The predicted molar refractivity (Wildman–Crippen MR) is 62.3 cm³/mol. The number of rotatable bonds is 4. The standard InChI is InChI=1S/C10H14N4O6/c11-8(18)3-4(9(12)19)14-10(13-3)7-6(17)5(16)2(1-15)20-7/h2,5-7,15-17H,1H2,(H2,11,18)(H2,12,19)(H,13,14)/t2-,5-,6-,7-/m1/s1. The molecule has 2 heterocycles. The molecule has 0 aliphatic carbocycles. The first-order valence-corrected chi connectivity index (χ1v) is 5.68. The van der Waals surface area contributed by atoms with E-state index in [0.717, 1.165) is 0 Å². The number of hydrogen-bond acceptors (Lipinski definition) is 7. The van der Waals surface area contributed by atoms with Crippen LogP contribution in [0.2, 0.25) is 0 Å². The first-order chi connectivity index (χ1) is 9.36. The van der Waals surface area contributed by atoms with Crippen LogP contribution in [0.3, 0.4) is 0 Å². The second-order valence-corrected chi connectivity index (χ2v) is 4.33. The summed E-state index contributed by atoms with van der Waals surface area (Å²) in [6.45, 7) is -0.513. The number of aliphatic hydroxyl groups is 3. The number of carbonyl (C=O) groups excluding carboxylic acids is 2. The Kier molecular flexibility index (Phi) is 3.72. The highest BCUT2D eigenvalue weighted by molar-refractivity contribution is 6.03. The number of ether oxygens (including phenoxy) is 1. The number of nitrogens with two attached hydrogens (primary N) is 2. The molecule has 10 nitrogen and oxygen atoms in total. The van der Waals surface area contributed by atoms with Crippen molar-refractivity contribution in [2.45, 2.75) is 24.4 Å². The molecule has 4 atom stereocenters. The molecule has 8 N–H and O–H groups in total. The second-order valence-electron chi connectivity index (χ2n) is 4.33. The Labute approximate surface area is 112 Å². The normalized spacial score (nSPS) is 29.6. The number of H-pyrrole nitrogens is 1. The van der Waals surface area contributed by atoms with Gasteiger partial charge in [-0.3, -0.25) is 9.59 Å². The Bertz CT molecular complexity index is 512. The summed E-state index contributed by atoms with van der Waals surface area (Å²) in [7, 11) is 0. The van der Waals surface area contributed by atoms with Gasteiger partial charge in [0, 0.05) is 0 Å². The number of primary amides is 2. The molecule has 0 aromatic carbocycles. The van der Waals surface area contributed by atoms with Gasteiger partial charge >= 0.3 is 0 Å². The largest absolute Gasteiger partial charge is 0.394 e. The number of aliphatic hydroxyl groups excluding tert-OH is 3. The molecule has 2 rings (SSSR count). The average molecular weight is 286 g/mol. The molecule has 2 amide bonds. The van der Waals surface area contributed by atoms with Crippen molar-refractivity contribution in [3.8, 4) is 0 Å². The number of nitrogens with zero attached hydrogens (tertiary/aromatic N) is 1. The first-order valence-electron chi connectivity index (χ1n) is 5.68. The number of aromatic nitrogens is 2. The molecule has 20 heavy (non-hydrogen) atoms. The number of amides is 2. The summed E-state index contributed by atoms with van der Waals surface area (Å²) in [6.07, 6.45) is -4.87. The van der Waals surface area contributed by atoms with Gasteiger partial charge in [-0.1, -0.05) is 0 Å². The molecule has 10 heteroatoms. The van der Waals surface area contributed by atoms with E-state index in [9.17, 15) is 19.8 Å². The van der Waals surface area contributed by atoms with Crippen LogP contribution in [0.25, 0.3) is 0 Å². The zero-order valence-electron chi connectivity index (χ0n) is 10.2. The van der Waals surface area contributed by atoms with Gasteiger partial charge < -0.3 is 36.5 Å². The van der Waals surface area contributed by atoms with Gasteiger partial charge in [-0.15, -0.1) is 0 Å². The molecule has 0 bridgehead atoms. The molecular weight excluding hydrogens is 272 g/mol. The van der Waals surface area contributed by atoms with Gasteiger partial charge in [-0.2, -0.15) is 0 Å². The summed E-state index contributed by atoms with van der Waals surface area (Å²) < 4.78 is 5.20. The Morgan fingerprint density at radius 3 is 2.30 bits per heavy atom. The lowest BCUT2D eigenvalue weighted by atomic mass is 10.1. The minimum atomic E-state index is -1.39. The van der Waals surface area contributed by atoms with Gasteiger partial charge in [0.25, 0.3) is 11.8 Å². The lowest BCUT2D eigenvalue weighted by molar-refractivity contribution is -0.0250. The summed E-state index contributed by atoms with van der Waals surface area (Å²) in [6, 6.07) is 0. The molecule has 1 aromatic heterocycles. The second kappa shape index (κ2) is 5.17. The van der Waals surface area contributed by atoms with E-state index in [1.54, 1.807) is 0 Å². The predicted octanol–water partition coefficient (Wildman–Crippen LogP) is -3.24. The molecule has 0 saturated carbocycles. The van der Waals surface area contributed by atoms with Gasteiger partial charge in [0.2, 0.25) is 0 Å². The van der Waals surface area contributed by atoms with Gasteiger partial charge in [0.1, 0.15) is 35.9 Å². The molecule has 0 unspecified atom stereocenters. The minimum Gasteiger partial charge on any atom is -0.394 e. The van der Waals surface area contributed by atoms with Crippen LogP contribution in [-0.2, 0) is 4.74 Å². The van der Waals surface area contributed by atoms with Crippen LogP contribution in [0, 0.1) is 0 Å². The fourth-order valence-corrected chi connectivity index (χ4v) is 2.01. The van der Waals surface area contributed by atoms with Crippen molar-refractivity contribution in [2.75, 3.05) is 6.61 Å². The fraction of sp³-hybridized carbons (Fsp3) is 0.500. The van der Waals surface area contributed by atoms with Crippen LogP contribution in [0.15, 0.2) is 0 Å². The molecule has 1 aliphatic heterocycles. The van der Waals surface area contributed by atoms with Crippen LogP contribution in [0.4, 0.5) is 0 Å². The third-order valence-corrected chi connectivity index (χ3v) is 3.01. The smallest absolute Gasteiger partial charge is 0.269 e. The Morgan fingerprint density at radius 1 is 1.25 bits per heavy atom. The van der Waals surface area contributed by atoms with E-state index in [2.05, 4.69) is 9.97 Å². The molecule has 0 radical (unpaired) electrons. The van der Waals surface area contributed by atoms with Gasteiger partial charge in [0.15, 0.2) is 5.69 Å². The third-order valence-electron chi connectivity index (χ3n) is 3.01. The number of hydrogen-bond donors (Lipinski definition) is 6. The van der Waals surface area contributed by atoms with E-state index in [4.69, 9.17) is 21.3 Å². The average Bonchev–Trinajstić information content (AvgIpc) is 2.93. The highest BCUT2D eigenvalue weighted by Crippen LogP contribution is 2.32. The maximum atomic E-state index is 11.2. The SMILES string of the molecule is NC(=O)c1nc([C@@H]2O[C@H](CO)[C@@H](O)[C@H]2O)[nH]c1C(N)=O. The lowest BCUT2D eigenvalue weighted by Gasteiger charge is -2.11. The maximum Gasteiger partial charge on any atom is 0.269 e. The van der Waals surface area contributed by atoms with Crippen molar-refractivity contribution < 1.29 is 29.6 Å². The summed E-state index contributed by atoms with van der Waals surface area (Å²) in [5.74, 6) is -2.02. The van der Waals surface area contributed by atoms with Crippen LogP contribution in [0.1, 0.15) is 32.9 Å². The zero-order chi connectivity index (χ0) is 15.0. The number of nitrogens with one attached hydrogen (secondary N) is 1.